The molecule has 2 aromatic carbocycles. The summed E-state index contributed by atoms with van der Waals surface area (Å²) in [5, 5.41) is 3.45. The number of amides is 1. The first kappa shape index (κ1) is 26.2. The molecule has 2 bridgehead atoms. The van der Waals surface area contributed by atoms with Crippen molar-refractivity contribution in [2.45, 2.75) is 19.4 Å². The molecular weight excluding hydrogens is 539 g/mol. The number of piperazine rings is 1. The van der Waals surface area contributed by atoms with E-state index in [1.54, 1.807) is 26.4 Å². The quantitative estimate of drug-likeness (QED) is 0.375. The third-order valence-electron chi connectivity index (χ3n) is 8.05. The molecule has 0 unspecified atom stereocenters. The lowest BCUT2D eigenvalue weighted by molar-refractivity contribution is -0.121. The highest BCUT2D eigenvalue weighted by Gasteiger charge is 2.27. The van der Waals surface area contributed by atoms with Crippen LogP contribution in [0, 0.1) is 5.82 Å². The number of ether oxygens (including phenoxy) is 1. The van der Waals surface area contributed by atoms with E-state index >= 15 is 4.39 Å². The maximum Gasteiger partial charge on any atom is 0.278 e. The zero-order chi connectivity index (χ0) is 28.8. The molecule has 216 valence electrons. The van der Waals surface area contributed by atoms with Gasteiger partial charge in [-0.05, 0) is 56.3 Å². The molecule has 1 fully saturated rings. The van der Waals surface area contributed by atoms with E-state index in [4.69, 9.17) is 9.72 Å². The highest BCUT2D eigenvalue weighted by molar-refractivity contribution is 5.98. The van der Waals surface area contributed by atoms with E-state index in [1.165, 1.54) is 12.3 Å². The number of anilines is 4. The Kier molecular flexibility index (Phi) is 6.62. The van der Waals surface area contributed by atoms with Crippen LogP contribution in [-0.2, 0) is 11.3 Å². The summed E-state index contributed by atoms with van der Waals surface area (Å²) in [5.74, 6) is 0.428. The summed E-state index contributed by atoms with van der Waals surface area (Å²) in [6, 6.07) is 10.5. The first-order valence-corrected chi connectivity index (χ1v) is 14.2. The summed E-state index contributed by atoms with van der Waals surface area (Å²) >= 11 is 0. The van der Waals surface area contributed by atoms with E-state index in [1.807, 2.05) is 30.4 Å². The number of fused-ring (bicyclic) bond motifs is 5. The van der Waals surface area contributed by atoms with Crippen molar-refractivity contribution in [2.75, 3.05) is 61.5 Å². The zero-order valence-electron chi connectivity index (χ0n) is 23.3. The average molecular weight is 571 g/mol. The maximum absolute atomic E-state index is 15.1. The monoisotopic (exact) mass is 570 g/mol. The Morgan fingerprint density at radius 3 is 2.67 bits per heavy atom. The minimum absolute atomic E-state index is 0.00144. The van der Waals surface area contributed by atoms with Crippen LogP contribution in [-0.4, -0.2) is 76.5 Å². The molecule has 5 heterocycles. The molecule has 11 nitrogen and oxygen atoms in total. The van der Waals surface area contributed by atoms with Crippen LogP contribution < -0.4 is 25.4 Å². The highest BCUT2D eigenvalue weighted by Crippen LogP contribution is 2.35. The Bertz CT molecular complexity index is 1770. The van der Waals surface area contributed by atoms with Crippen LogP contribution in [0.25, 0.3) is 16.7 Å². The number of aromatic nitrogens is 4. The van der Waals surface area contributed by atoms with Crippen molar-refractivity contribution in [3.63, 3.8) is 0 Å². The minimum atomic E-state index is -0.322. The molecule has 7 rings (SSSR count). The van der Waals surface area contributed by atoms with Gasteiger partial charge in [0.1, 0.15) is 17.0 Å². The summed E-state index contributed by atoms with van der Waals surface area (Å²) in [6.07, 6.45) is 7.03. The van der Waals surface area contributed by atoms with Gasteiger partial charge in [-0.15, -0.1) is 0 Å². The Hall–Kier alpha value is -4.71. The molecule has 3 aliphatic rings. The second-order valence-electron chi connectivity index (χ2n) is 10.8. The molecule has 12 heteroatoms. The number of allylic oxidation sites excluding steroid dienone is 2. The second-order valence-corrected chi connectivity index (χ2v) is 10.8. The van der Waals surface area contributed by atoms with Crippen molar-refractivity contribution in [3.8, 4) is 11.4 Å². The Balaban J connectivity index is 1.28. The van der Waals surface area contributed by atoms with Gasteiger partial charge in [-0.25, -0.2) is 18.7 Å². The smallest absolute Gasteiger partial charge is 0.278 e. The van der Waals surface area contributed by atoms with Crippen molar-refractivity contribution in [3.05, 3.63) is 70.9 Å². The number of likely N-dealkylation sites (N-methyl/N-ethyl adjacent to an activating group) is 1. The number of benzene rings is 2. The van der Waals surface area contributed by atoms with Gasteiger partial charge in [0, 0.05) is 44.6 Å². The van der Waals surface area contributed by atoms with E-state index in [9.17, 15) is 9.59 Å². The largest absolute Gasteiger partial charge is 0.482 e. The maximum atomic E-state index is 15.1. The first-order chi connectivity index (χ1) is 20.5. The van der Waals surface area contributed by atoms with Gasteiger partial charge >= 0.3 is 0 Å². The van der Waals surface area contributed by atoms with E-state index in [2.05, 4.69) is 27.1 Å². The predicted octanol–water partition coefficient (Wildman–Crippen LogP) is 3.29. The van der Waals surface area contributed by atoms with Crippen LogP contribution in [0.5, 0.6) is 5.75 Å². The lowest BCUT2D eigenvalue weighted by Crippen LogP contribution is -2.44. The summed E-state index contributed by atoms with van der Waals surface area (Å²) < 4.78 is 24.2. The minimum Gasteiger partial charge on any atom is -0.482 e. The van der Waals surface area contributed by atoms with Crippen LogP contribution in [0.3, 0.4) is 0 Å². The third-order valence-corrected chi connectivity index (χ3v) is 8.05. The standard InChI is InChI=1S/C30H31FN8O3/c1-35-12-14-36(15-13-35)24-8-6-20(16-23(24)31)33-30-32-18-22-28(34-30)39-21-7-9-26-25(17-21)37(27(40)19-42-26)10-4-2-3-5-11-38(39)29(22)41/h3,5-9,16-18H,2,4,10-15,19H2,1H3,(H,32,33,34)/b5-3-. The van der Waals surface area contributed by atoms with Gasteiger partial charge in [0.25, 0.3) is 11.5 Å². The molecule has 3 aliphatic heterocycles. The Morgan fingerprint density at radius 1 is 0.976 bits per heavy atom. The van der Waals surface area contributed by atoms with Crippen LogP contribution in [0.2, 0.25) is 0 Å². The molecule has 4 aromatic rings. The summed E-state index contributed by atoms with van der Waals surface area (Å²) in [4.78, 5) is 41.4. The lowest BCUT2D eigenvalue weighted by Gasteiger charge is -2.34. The predicted molar refractivity (Wildman–Crippen MR) is 159 cm³/mol. The SMILES string of the molecule is CN1CCN(c2ccc(Nc3ncc4c(=O)n5n(c4n3)-c3ccc4c(c3)N(CCC/C=C\C5)C(=O)CO4)cc2F)CC1. The van der Waals surface area contributed by atoms with Crippen molar-refractivity contribution in [1.82, 2.24) is 24.2 Å². The summed E-state index contributed by atoms with van der Waals surface area (Å²) in [5.41, 5.74) is 2.56. The van der Waals surface area contributed by atoms with Crippen molar-refractivity contribution in [2.24, 2.45) is 0 Å². The fourth-order valence-electron chi connectivity index (χ4n) is 5.76. The second kappa shape index (κ2) is 10.6. The van der Waals surface area contributed by atoms with Crippen molar-refractivity contribution >= 4 is 40.0 Å². The Labute approximate surface area is 241 Å². The number of nitrogens with zero attached hydrogens (tertiary/aromatic N) is 7. The van der Waals surface area contributed by atoms with Crippen LogP contribution in [0.4, 0.5) is 27.4 Å². The zero-order valence-corrected chi connectivity index (χ0v) is 23.3. The summed E-state index contributed by atoms with van der Waals surface area (Å²) in [6.45, 7) is 4.22. The number of carbonyl (C=O) groups is 1. The number of rotatable bonds is 3. The first-order valence-electron chi connectivity index (χ1n) is 14.2. The topological polar surface area (TPSA) is 101 Å². The van der Waals surface area contributed by atoms with Crippen LogP contribution in [0.1, 0.15) is 12.8 Å². The van der Waals surface area contributed by atoms with E-state index in [-0.39, 0.29) is 29.8 Å². The van der Waals surface area contributed by atoms with E-state index in [0.717, 1.165) is 39.0 Å². The molecule has 2 aromatic heterocycles. The average Bonchev–Trinajstić information content (AvgIpc) is 3.26. The molecule has 42 heavy (non-hydrogen) atoms. The van der Waals surface area contributed by atoms with Gasteiger partial charge in [0.05, 0.1) is 23.6 Å². The molecule has 1 amide bonds. The van der Waals surface area contributed by atoms with Gasteiger partial charge < -0.3 is 24.8 Å². The van der Waals surface area contributed by atoms with Crippen LogP contribution >= 0.6 is 0 Å². The van der Waals surface area contributed by atoms with Gasteiger partial charge in [0.2, 0.25) is 5.95 Å². The fraction of sp³-hybridized carbons (Fsp3) is 0.333. The van der Waals surface area contributed by atoms with Gasteiger partial charge in [-0.1, -0.05) is 12.2 Å². The number of hydrogen-bond donors (Lipinski definition) is 1. The van der Waals surface area contributed by atoms with Gasteiger partial charge in [-0.2, -0.15) is 4.98 Å². The molecule has 1 saturated heterocycles. The lowest BCUT2D eigenvalue weighted by atomic mass is 10.1. The van der Waals surface area contributed by atoms with E-state index in [0.29, 0.717) is 52.6 Å². The molecule has 0 spiro atoms. The number of nitrogens with one attached hydrogen (secondary N) is 1. The van der Waals surface area contributed by atoms with Crippen molar-refractivity contribution in [1.29, 1.82) is 0 Å². The van der Waals surface area contributed by atoms with Gasteiger partial charge in [0.15, 0.2) is 12.3 Å². The number of halogens is 1. The molecule has 0 saturated carbocycles. The molecule has 0 aliphatic carbocycles. The molecule has 0 atom stereocenters. The van der Waals surface area contributed by atoms with Crippen LogP contribution in [0.15, 0.2) is 59.5 Å². The number of carbonyl (C=O) groups excluding carboxylic acids is 1. The normalized spacial score (nSPS) is 18.2. The highest BCUT2D eigenvalue weighted by atomic mass is 19.1. The van der Waals surface area contributed by atoms with Crippen molar-refractivity contribution < 1.29 is 13.9 Å². The summed E-state index contributed by atoms with van der Waals surface area (Å²) in [7, 11) is 2.06. The Morgan fingerprint density at radius 2 is 1.83 bits per heavy atom. The van der Waals surface area contributed by atoms with Gasteiger partial charge in [-0.3, -0.25) is 9.59 Å². The van der Waals surface area contributed by atoms with E-state index < -0.39 is 0 Å². The molecule has 0 radical (unpaired) electrons. The number of hydrogen-bond acceptors (Lipinski definition) is 8. The fourth-order valence-corrected chi connectivity index (χ4v) is 5.76. The molecular formula is C30H31FN8O3. The molecule has 1 N–H and O–H groups in total. The third kappa shape index (κ3) is 4.67.